The van der Waals surface area contributed by atoms with Crippen molar-refractivity contribution in [2.75, 3.05) is 19.0 Å². The fourth-order valence-corrected chi connectivity index (χ4v) is 2.43. The third kappa shape index (κ3) is 3.23. The Morgan fingerprint density at radius 2 is 2.33 bits per heavy atom. The van der Waals surface area contributed by atoms with Crippen molar-refractivity contribution in [2.24, 2.45) is 0 Å². The van der Waals surface area contributed by atoms with Gasteiger partial charge in [-0.05, 0) is 37.6 Å². The van der Waals surface area contributed by atoms with Crippen LogP contribution in [0.2, 0.25) is 0 Å². The molecule has 1 saturated heterocycles. The number of hydrogen-bond donors (Lipinski definition) is 2. The molecule has 0 aromatic heterocycles. The van der Waals surface area contributed by atoms with E-state index in [1.54, 1.807) is 7.11 Å². The molecule has 0 saturated carbocycles. The number of piperidine rings is 1. The summed E-state index contributed by atoms with van der Waals surface area (Å²) in [5.41, 5.74) is 0.698. The fraction of sp³-hybridized carbons (Fsp3) is 0.462. The first-order chi connectivity index (χ1) is 8.70. The molecule has 1 amide bonds. The van der Waals surface area contributed by atoms with Crippen molar-refractivity contribution in [3.05, 3.63) is 22.7 Å². The predicted octanol–water partition coefficient (Wildman–Crippen LogP) is 2.54. The van der Waals surface area contributed by atoms with Crippen LogP contribution in [0.25, 0.3) is 0 Å². The summed E-state index contributed by atoms with van der Waals surface area (Å²) in [6, 6.07) is 5.46. The monoisotopic (exact) mass is 312 g/mol. The van der Waals surface area contributed by atoms with Crippen molar-refractivity contribution in [1.82, 2.24) is 5.32 Å². The summed E-state index contributed by atoms with van der Waals surface area (Å²) in [7, 11) is 1.59. The largest absolute Gasteiger partial charge is 0.495 e. The Kier molecular flexibility index (Phi) is 4.60. The van der Waals surface area contributed by atoms with Gasteiger partial charge >= 0.3 is 0 Å². The van der Waals surface area contributed by atoms with E-state index in [1.807, 2.05) is 18.2 Å². The van der Waals surface area contributed by atoms with E-state index in [4.69, 9.17) is 4.74 Å². The first kappa shape index (κ1) is 13.4. The number of carbonyl (C=O) groups excluding carboxylic acids is 1. The summed E-state index contributed by atoms with van der Waals surface area (Å²) in [5, 5.41) is 6.14. The van der Waals surface area contributed by atoms with Crippen LogP contribution in [0.4, 0.5) is 5.69 Å². The zero-order valence-corrected chi connectivity index (χ0v) is 11.9. The van der Waals surface area contributed by atoms with E-state index in [-0.39, 0.29) is 11.9 Å². The van der Waals surface area contributed by atoms with Crippen LogP contribution < -0.4 is 15.4 Å². The Morgan fingerprint density at radius 1 is 1.50 bits per heavy atom. The molecule has 1 aliphatic rings. The number of halogens is 1. The minimum Gasteiger partial charge on any atom is -0.495 e. The number of anilines is 1. The van der Waals surface area contributed by atoms with Gasteiger partial charge in [0.1, 0.15) is 5.75 Å². The molecule has 1 atom stereocenters. The van der Waals surface area contributed by atoms with Crippen molar-refractivity contribution in [3.8, 4) is 5.75 Å². The fourth-order valence-electron chi connectivity index (χ4n) is 2.07. The lowest BCUT2D eigenvalue weighted by molar-refractivity contribution is -0.118. The molecule has 18 heavy (non-hydrogen) atoms. The van der Waals surface area contributed by atoms with E-state index in [9.17, 15) is 4.79 Å². The molecule has 2 N–H and O–H groups in total. The quantitative estimate of drug-likeness (QED) is 0.901. The molecular weight excluding hydrogens is 296 g/mol. The number of benzene rings is 1. The zero-order valence-electron chi connectivity index (χ0n) is 10.3. The van der Waals surface area contributed by atoms with Crippen LogP contribution in [0.1, 0.15) is 19.3 Å². The second kappa shape index (κ2) is 6.20. The van der Waals surface area contributed by atoms with Crippen LogP contribution in [-0.4, -0.2) is 25.6 Å². The van der Waals surface area contributed by atoms with Gasteiger partial charge in [-0.15, -0.1) is 0 Å². The molecule has 0 spiro atoms. The van der Waals surface area contributed by atoms with Crippen LogP contribution in [0, 0.1) is 0 Å². The Hall–Kier alpha value is -1.07. The van der Waals surface area contributed by atoms with Gasteiger partial charge in [-0.2, -0.15) is 0 Å². The second-order valence-corrected chi connectivity index (χ2v) is 5.25. The molecule has 98 valence electrons. The highest BCUT2D eigenvalue weighted by Crippen LogP contribution is 2.28. The van der Waals surface area contributed by atoms with Gasteiger partial charge in [-0.3, -0.25) is 4.79 Å². The molecule has 0 bridgehead atoms. The maximum Gasteiger partial charge on any atom is 0.241 e. The van der Waals surface area contributed by atoms with Gasteiger partial charge in [0, 0.05) is 4.47 Å². The summed E-state index contributed by atoms with van der Waals surface area (Å²) >= 11 is 3.39. The first-order valence-corrected chi connectivity index (χ1v) is 6.88. The van der Waals surface area contributed by atoms with E-state index in [0.29, 0.717) is 11.4 Å². The summed E-state index contributed by atoms with van der Waals surface area (Å²) in [6.45, 7) is 0.910. The van der Waals surface area contributed by atoms with Gasteiger partial charge in [-0.1, -0.05) is 22.4 Å². The zero-order chi connectivity index (χ0) is 13.0. The Labute approximate surface area is 115 Å². The van der Waals surface area contributed by atoms with E-state index >= 15 is 0 Å². The number of hydrogen-bond acceptors (Lipinski definition) is 3. The number of nitrogens with one attached hydrogen (secondary N) is 2. The highest BCUT2D eigenvalue weighted by Gasteiger charge is 2.21. The van der Waals surface area contributed by atoms with Crippen molar-refractivity contribution in [3.63, 3.8) is 0 Å². The molecule has 5 heteroatoms. The predicted molar refractivity (Wildman–Crippen MR) is 75.0 cm³/mol. The number of amides is 1. The normalized spacial score (nSPS) is 19.3. The van der Waals surface area contributed by atoms with Crippen molar-refractivity contribution in [2.45, 2.75) is 25.3 Å². The van der Waals surface area contributed by atoms with Crippen LogP contribution in [0.15, 0.2) is 22.7 Å². The van der Waals surface area contributed by atoms with Crippen molar-refractivity contribution < 1.29 is 9.53 Å². The maximum atomic E-state index is 12.1. The van der Waals surface area contributed by atoms with Crippen molar-refractivity contribution in [1.29, 1.82) is 0 Å². The second-order valence-electron chi connectivity index (χ2n) is 4.34. The van der Waals surface area contributed by atoms with E-state index in [1.165, 1.54) is 0 Å². The lowest BCUT2D eigenvalue weighted by atomic mass is 10.0. The van der Waals surface area contributed by atoms with Gasteiger partial charge in [-0.25, -0.2) is 0 Å². The van der Waals surface area contributed by atoms with Gasteiger partial charge < -0.3 is 15.4 Å². The molecule has 0 radical (unpaired) electrons. The third-order valence-electron chi connectivity index (χ3n) is 3.05. The molecule has 4 nitrogen and oxygen atoms in total. The molecule has 2 rings (SSSR count). The van der Waals surface area contributed by atoms with E-state index in [0.717, 1.165) is 30.3 Å². The summed E-state index contributed by atoms with van der Waals surface area (Å²) < 4.78 is 6.14. The summed E-state index contributed by atoms with van der Waals surface area (Å²) in [4.78, 5) is 12.1. The minimum absolute atomic E-state index is 0.00565. The van der Waals surface area contributed by atoms with Gasteiger partial charge in [0.2, 0.25) is 5.91 Å². The molecule has 1 heterocycles. The minimum atomic E-state index is -0.0950. The highest BCUT2D eigenvalue weighted by molar-refractivity contribution is 9.10. The number of rotatable bonds is 3. The molecule has 0 aliphatic carbocycles. The van der Waals surface area contributed by atoms with Crippen LogP contribution in [-0.2, 0) is 4.79 Å². The summed E-state index contributed by atoms with van der Waals surface area (Å²) in [6.07, 6.45) is 3.13. The number of methoxy groups -OCH3 is 1. The van der Waals surface area contributed by atoms with Gasteiger partial charge in [0.05, 0.1) is 18.8 Å². The SMILES string of the molecule is COc1ccc(Br)cc1NC(=O)[C@H]1CCCCN1. The van der Waals surface area contributed by atoms with E-state index < -0.39 is 0 Å². The molecule has 1 fully saturated rings. The van der Waals surface area contributed by atoms with E-state index in [2.05, 4.69) is 26.6 Å². The molecule has 0 unspecified atom stereocenters. The Morgan fingerprint density at radius 3 is 3.00 bits per heavy atom. The van der Waals surface area contributed by atoms with Crippen LogP contribution in [0.3, 0.4) is 0 Å². The molecule has 1 aromatic rings. The Balaban J connectivity index is 2.07. The average Bonchev–Trinajstić information content (AvgIpc) is 2.40. The topological polar surface area (TPSA) is 50.4 Å². The van der Waals surface area contributed by atoms with Crippen LogP contribution >= 0.6 is 15.9 Å². The first-order valence-electron chi connectivity index (χ1n) is 6.08. The molecular formula is C13H17BrN2O2. The molecule has 1 aliphatic heterocycles. The number of carbonyl (C=O) groups is 1. The lowest BCUT2D eigenvalue weighted by Crippen LogP contribution is -2.43. The number of ether oxygens (including phenoxy) is 1. The standard InChI is InChI=1S/C13H17BrN2O2/c1-18-12-6-5-9(14)8-11(12)16-13(17)10-4-2-3-7-15-10/h5-6,8,10,15H,2-4,7H2,1H3,(H,16,17)/t10-/m1/s1. The average molecular weight is 313 g/mol. The smallest absolute Gasteiger partial charge is 0.241 e. The Bertz CT molecular complexity index is 431. The van der Waals surface area contributed by atoms with Crippen molar-refractivity contribution >= 4 is 27.5 Å². The summed E-state index contributed by atoms with van der Waals surface area (Å²) in [5.74, 6) is 0.674. The maximum absolute atomic E-state index is 12.1. The third-order valence-corrected chi connectivity index (χ3v) is 3.54. The van der Waals surface area contributed by atoms with Gasteiger partial charge in [0.15, 0.2) is 0 Å². The highest BCUT2D eigenvalue weighted by atomic mass is 79.9. The lowest BCUT2D eigenvalue weighted by Gasteiger charge is -2.23. The van der Waals surface area contributed by atoms with Gasteiger partial charge in [0.25, 0.3) is 0 Å². The van der Waals surface area contributed by atoms with Crippen LogP contribution in [0.5, 0.6) is 5.75 Å². The molecule has 1 aromatic carbocycles.